The van der Waals surface area contributed by atoms with E-state index in [0.717, 1.165) is 12.2 Å². The normalized spacial score (nSPS) is 11.5. The summed E-state index contributed by atoms with van der Waals surface area (Å²) in [5.74, 6) is -3.88. The van der Waals surface area contributed by atoms with Crippen LogP contribution >= 0.6 is 0 Å². The fourth-order valence-electron chi connectivity index (χ4n) is 1.60. The van der Waals surface area contributed by atoms with Gasteiger partial charge in [-0.2, -0.15) is 5.06 Å². The Kier molecular flexibility index (Phi) is 6.23. The van der Waals surface area contributed by atoms with Crippen molar-refractivity contribution in [3.05, 3.63) is 0 Å². The number of nitrogens with zero attached hydrogens (tertiary/aromatic N) is 1. The number of carbonyl (C=O) groups is 3. The molecular formula is C9H16N2O7. The van der Waals surface area contributed by atoms with Gasteiger partial charge < -0.3 is 25.9 Å². The largest absolute Gasteiger partial charge is 0.481 e. The van der Waals surface area contributed by atoms with Gasteiger partial charge in [-0.15, -0.1) is 0 Å². The Hall–Kier alpha value is -1.71. The Morgan fingerprint density at radius 1 is 1.11 bits per heavy atom. The van der Waals surface area contributed by atoms with Gasteiger partial charge in [0, 0.05) is 6.54 Å². The molecule has 0 unspecified atom stereocenters. The second-order valence-electron chi connectivity index (χ2n) is 3.68. The van der Waals surface area contributed by atoms with Gasteiger partial charge in [0.2, 0.25) is 0 Å². The molecule has 0 rings (SSSR count). The molecule has 0 aliphatic heterocycles. The lowest BCUT2D eigenvalue weighted by molar-refractivity contribution is -0.214. The van der Waals surface area contributed by atoms with Crippen molar-refractivity contribution < 1.29 is 34.5 Å². The molecule has 104 valence electrons. The quantitative estimate of drug-likeness (QED) is 0.368. The van der Waals surface area contributed by atoms with Crippen molar-refractivity contribution >= 4 is 17.9 Å². The zero-order valence-corrected chi connectivity index (χ0v) is 9.83. The second-order valence-corrected chi connectivity index (χ2v) is 3.68. The summed E-state index contributed by atoms with van der Waals surface area (Å²) in [5, 5.41) is 27.0. The molecule has 0 aliphatic rings. The number of rotatable bonds is 9. The van der Waals surface area contributed by atoms with Crippen LogP contribution in [0.3, 0.4) is 0 Å². The number of aliphatic carboxylic acids is 3. The van der Waals surface area contributed by atoms with Crippen LogP contribution in [0.5, 0.6) is 0 Å². The monoisotopic (exact) mass is 264 g/mol. The van der Waals surface area contributed by atoms with Crippen LogP contribution in [-0.2, 0) is 19.2 Å². The molecule has 9 heteroatoms. The highest BCUT2D eigenvalue weighted by Gasteiger charge is 2.41. The van der Waals surface area contributed by atoms with Gasteiger partial charge in [0.25, 0.3) is 0 Å². The number of nitrogens with two attached hydrogens (primary N) is 1. The summed E-state index contributed by atoms with van der Waals surface area (Å²) in [6.07, 6.45) is -1.28. The summed E-state index contributed by atoms with van der Waals surface area (Å²) in [6, 6.07) is 0. The molecule has 0 amide bonds. The van der Waals surface area contributed by atoms with Crippen molar-refractivity contribution in [2.75, 3.05) is 20.2 Å². The van der Waals surface area contributed by atoms with Crippen molar-refractivity contribution in [1.29, 1.82) is 0 Å². The van der Waals surface area contributed by atoms with E-state index in [1.54, 1.807) is 0 Å². The van der Waals surface area contributed by atoms with E-state index in [4.69, 9.17) is 25.9 Å². The first-order valence-corrected chi connectivity index (χ1v) is 4.94. The predicted molar refractivity (Wildman–Crippen MR) is 57.6 cm³/mol. The number of hydrogen-bond donors (Lipinski definition) is 4. The van der Waals surface area contributed by atoms with E-state index in [0.29, 0.717) is 0 Å². The predicted octanol–water partition coefficient (Wildman–Crippen LogP) is -1.42. The molecule has 0 saturated carbocycles. The fourth-order valence-corrected chi connectivity index (χ4v) is 1.60. The molecule has 18 heavy (non-hydrogen) atoms. The number of carboxylic acid groups (broad SMARTS) is 3. The summed E-state index contributed by atoms with van der Waals surface area (Å²) in [5.41, 5.74) is 3.81. The Bertz CT molecular complexity index is 315. The molecular weight excluding hydrogens is 248 g/mol. The third-order valence-corrected chi connectivity index (χ3v) is 2.37. The molecule has 0 spiro atoms. The van der Waals surface area contributed by atoms with Crippen LogP contribution in [0.2, 0.25) is 0 Å². The molecule has 0 aromatic carbocycles. The SMILES string of the molecule is CON(CC(=O)O)C(CN)(CC(=O)O)CC(=O)O. The standard InChI is InChI=1S/C9H16N2O7/c1-18-11(4-8(16)17)9(5-10,2-6(12)13)3-7(14)15/h2-5,10H2,1H3,(H,12,13)(H,14,15)(H,16,17). The van der Waals surface area contributed by atoms with E-state index in [9.17, 15) is 14.4 Å². The summed E-state index contributed by atoms with van der Waals surface area (Å²) in [4.78, 5) is 37.0. The van der Waals surface area contributed by atoms with Crippen LogP contribution in [0, 0.1) is 0 Å². The third kappa shape index (κ3) is 4.65. The minimum atomic E-state index is -1.61. The van der Waals surface area contributed by atoms with Crippen LogP contribution in [0.4, 0.5) is 0 Å². The number of hydrogen-bond acceptors (Lipinski definition) is 6. The first-order chi connectivity index (χ1) is 8.27. The van der Waals surface area contributed by atoms with Crippen LogP contribution in [0.1, 0.15) is 12.8 Å². The highest BCUT2D eigenvalue weighted by molar-refractivity contribution is 5.74. The topological polar surface area (TPSA) is 150 Å². The van der Waals surface area contributed by atoms with Crippen LogP contribution in [0.25, 0.3) is 0 Å². The zero-order chi connectivity index (χ0) is 14.3. The first-order valence-electron chi connectivity index (χ1n) is 4.94. The van der Waals surface area contributed by atoms with E-state index in [2.05, 4.69) is 0 Å². The Labute approximate surface area is 103 Å². The van der Waals surface area contributed by atoms with Crippen LogP contribution in [0.15, 0.2) is 0 Å². The molecule has 0 saturated heterocycles. The van der Waals surface area contributed by atoms with Crippen molar-refractivity contribution in [2.24, 2.45) is 5.73 Å². The zero-order valence-electron chi connectivity index (χ0n) is 9.83. The molecule has 0 heterocycles. The highest BCUT2D eigenvalue weighted by atomic mass is 16.7. The Balaban J connectivity index is 5.27. The van der Waals surface area contributed by atoms with Gasteiger partial charge in [-0.1, -0.05) is 0 Å². The molecule has 0 radical (unpaired) electrons. The Morgan fingerprint density at radius 3 is 1.78 bits per heavy atom. The van der Waals surface area contributed by atoms with E-state index >= 15 is 0 Å². The number of carboxylic acids is 3. The summed E-state index contributed by atoms with van der Waals surface area (Å²) in [6.45, 7) is -1.04. The summed E-state index contributed by atoms with van der Waals surface area (Å²) < 4.78 is 0. The molecule has 9 nitrogen and oxygen atoms in total. The molecule has 0 atom stereocenters. The average molecular weight is 264 g/mol. The molecule has 0 aromatic rings. The maximum atomic E-state index is 10.8. The summed E-state index contributed by atoms with van der Waals surface area (Å²) >= 11 is 0. The molecule has 5 N–H and O–H groups in total. The minimum Gasteiger partial charge on any atom is -0.481 e. The van der Waals surface area contributed by atoms with Crippen molar-refractivity contribution in [3.63, 3.8) is 0 Å². The summed E-state index contributed by atoms with van der Waals surface area (Å²) in [7, 11) is 1.12. The van der Waals surface area contributed by atoms with Gasteiger partial charge in [0.1, 0.15) is 6.54 Å². The highest BCUT2D eigenvalue weighted by Crippen LogP contribution is 2.23. The molecule has 0 fully saturated rings. The van der Waals surface area contributed by atoms with Crippen LogP contribution in [-0.4, -0.2) is 64.0 Å². The van der Waals surface area contributed by atoms with Gasteiger partial charge in [-0.05, 0) is 0 Å². The lowest BCUT2D eigenvalue weighted by atomic mass is 9.90. The van der Waals surface area contributed by atoms with Gasteiger partial charge in [0.05, 0.1) is 25.5 Å². The van der Waals surface area contributed by atoms with Crippen LogP contribution < -0.4 is 5.73 Å². The maximum Gasteiger partial charge on any atom is 0.320 e. The minimum absolute atomic E-state index is 0.368. The number of hydroxylamine groups is 2. The van der Waals surface area contributed by atoms with Gasteiger partial charge in [-0.3, -0.25) is 14.4 Å². The smallest absolute Gasteiger partial charge is 0.320 e. The van der Waals surface area contributed by atoms with Crippen molar-refractivity contribution in [1.82, 2.24) is 5.06 Å². The van der Waals surface area contributed by atoms with Gasteiger partial charge in [-0.25, -0.2) is 0 Å². The average Bonchev–Trinajstić information content (AvgIpc) is 2.23. The lowest BCUT2D eigenvalue weighted by Crippen LogP contribution is -2.57. The van der Waals surface area contributed by atoms with Gasteiger partial charge in [0.15, 0.2) is 0 Å². The first kappa shape index (κ1) is 16.3. The van der Waals surface area contributed by atoms with E-state index in [1.807, 2.05) is 0 Å². The van der Waals surface area contributed by atoms with E-state index in [-0.39, 0.29) is 6.54 Å². The molecule has 0 aliphatic carbocycles. The fraction of sp³-hybridized carbons (Fsp3) is 0.667. The van der Waals surface area contributed by atoms with Crippen molar-refractivity contribution in [2.45, 2.75) is 18.4 Å². The van der Waals surface area contributed by atoms with Crippen molar-refractivity contribution in [3.8, 4) is 0 Å². The Morgan fingerprint density at radius 2 is 1.56 bits per heavy atom. The van der Waals surface area contributed by atoms with E-state index in [1.165, 1.54) is 0 Å². The van der Waals surface area contributed by atoms with Gasteiger partial charge >= 0.3 is 17.9 Å². The molecule has 0 aromatic heterocycles. The van der Waals surface area contributed by atoms with E-state index < -0.39 is 42.8 Å². The third-order valence-electron chi connectivity index (χ3n) is 2.37. The second kappa shape index (κ2) is 6.89. The maximum absolute atomic E-state index is 10.8. The molecule has 0 bridgehead atoms. The lowest BCUT2D eigenvalue weighted by Gasteiger charge is -2.38.